The second kappa shape index (κ2) is 5.71. The molecule has 5 nitrogen and oxygen atoms in total. The SMILES string of the molecule is Cc1cc(C(=O)N2CCCC(S(N)(=O)=O)C2)ccc1Cl. The van der Waals surface area contributed by atoms with Gasteiger partial charge in [-0.15, -0.1) is 0 Å². The van der Waals surface area contributed by atoms with Crippen molar-refractivity contribution < 1.29 is 13.2 Å². The first-order valence-corrected chi connectivity index (χ1v) is 8.35. The van der Waals surface area contributed by atoms with Crippen LogP contribution in [-0.4, -0.2) is 37.6 Å². The van der Waals surface area contributed by atoms with Gasteiger partial charge in [-0.05, 0) is 43.5 Å². The Balaban J connectivity index is 2.18. The quantitative estimate of drug-likeness (QED) is 0.898. The molecule has 0 aliphatic carbocycles. The van der Waals surface area contributed by atoms with Gasteiger partial charge >= 0.3 is 0 Å². The van der Waals surface area contributed by atoms with Crippen molar-refractivity contribution in [3.05, 3.63) is 34.3 Å². The third-order valence-electron chi connectivity index (χ3n) is 3.53. The molecule has 2 N–H and O–H groups in total. The highest BCUT2D eigenvalue weighted by Gasteiger charge is 2.30. The summed E-state index contributed by atoms with van der Waals surface area (Å²) in [7, 11) is -3.60. The standard InChI is InChI=1S/C13H17ClN2O3S/c1-9-7-10(4-5-12(9)14)13(17)16-6-2-3-11(8-16)20(15,18)19/h4-5,7,11H,2-3,6,8H2,1H3,(H2,15,18,19). The Bertz CT molecular complexity index is 631. The van der Waals surface area contributed by atoms with Gasteiger partial charge in [0.2, 0.25) is 10.0 Å². The number of halogens is 1. The number of hydrogen-bond acceptors (Lipinski definition) is 3. The lowest BCUT2D eigenvalue weighted by molar-refractivity contribution is 0.0727. The Hall–Kier alpha value is -1.11. The number of primary sulfonamides is 1. The van der Waals surface area contributed by atoms with Crippen LogP contribution in [0.15, 0.2) is 18.2 Å². The van der Waals surface area contributed by atoms with Crippen molar-refractivity contribution in [2.75, 3.05) is 13.1 Å². The highest BCUT2D eigenvalue weighted by Crippen LogP contribution is 2.20. The third-order valence-corrected chi connectivity index (χ3v) is 5.27. The Morgan fingerprint density at radius 1 is 1.45 bits per heavy atom. The van der Waals surface area contributed by atoms with Crippen LogP contribution in [0, 0.1) is 6.92 Å². The summed E-state index contributed by atoms with van der Waals surface area (Å²) < 4.78 is 22.8. The van der Waals surface area contributed by atoms with Gasteiger partial charge in [0.25, 0.3) is 5.91 Å². The molecule has 1 fully saturated rings. The van der Waals surface area contributed by atoms with Gasteiger partial charge in [0.15, 0.2) is 0 Å². The highest BCUT2D eigenvalue weighted by molar-refractivity contribution is 7.89. The van der Waals surface area contributed by atoms with Crippen LogP contribution in [0.3, 0.4) is 0 Å². The molecule has 1 heterocycles. The molecule has 7 heteroatoms. The van der Waals surface area contributed by atoms with E-state index in [1.54, 1.807) is 23.1 Å². The van der Waals surface area contributed by atoms with E-state index in [2.05, 4.69) is 0 Å². The molecule has 20 heavy (non-hydrogen) atoms. The van der Waals surface area contributed by atoms with E-state index < -0.39 is 15.3 Å². The van der Waals surface area contributed by atoms with Crippen molar-refractivity contribution >= 4 is 27.5 Å². The van der Waals surface area contributed by atoms with Crippen LogP contribution >= 0.6 is 11.6 Å². The molecule has 0 spiro atoms. The maximum atomic E-state index is 12.4. The molecule has 1 unspecified atom stereocenters. The Morgan fingerprint density at radius 2 is 2.15 bits per heavy atom. The number of benzene rings is 1. The number of rotatable bonds is 2. The Morgan fingerprint density at radius 3 is 2.75 bits per heavy atom. The number of hydrogen-bond donors (Lipinski definition) is 1. The van der Waals surface area contributed by atoms with Crippen LogP contribution in [0.5, 0.6) is 0 Å². The molecule has 1 aliphatic heterocycles. The van der Waals surface area contributed by atoms with Gasteiger partial charge in [-0.1, -0.05) is 11.6 Å². The number of carbonyl (C=O) groups excluding carboxylic acids is 1. The lowest BCUT2D eigenvalue weighted by atomic mass is 10.1. The molecule has 0 bridgehead atoms. The topological polar surface area (TPSA) is 80.5 Å². The minimum atomic E-state index is -3.60. The van der Waals surface area contributed by atoms with Crippen molar-refractivity contribution in [1.29, 1.82) is 0 Å². The number of nitrogens with zero attached hydrogens (tertiary/aromatic N) is 1. The number of likely N-dealkylation sites (tertiary alicyclic amines) is 1. The smallest absolute Gasteiger partial charge is 0.253 e. The molecule has 1 saturated heterocycles. The summed E-state index contributed by atoms with van der Waals surface area (Å²) in [4.78, 5) is 13.9. The monoisotopic (exact) mass is 316 g/mol. The molecule has 1 aromatic rings. The van der Waals surface area contributed by atoms with Crippen molar-refractivity contribution in [3.8, 4) is 0 Å². The molecular formula is C13H17ClN2O3S. The Kier molecular flexibility index (Phi) is 4.36. The van der Waals surface area contributed by atoms with Gasteiger partial charge in [0.05, 0.1) is 5.25 Å². The van der Waals surface area contributed by atoms with E-state index >= 15 is 0 Å². The summed E-state index contributed by atoms with van der Waals surface area (Å²) in [5, 5.41) is 5.10. The normalized spacial score (nSPS) is 19.9. The molecule has 0 radical (unpaired) electrons. The molecule has 0 saturated carbocycles. The average molecular weight is 317 g/mol. The fraction of sp³-hybridized carbons (Fsp3) is 0.462. The zero-order valence-corrected chi connectivity index (χ0v) is 12.7. The largest absolute Gasteiger partial charge is 0.337 e. The second-order valence-corrected chi connectivity index (χ2v) is 7.32. The van der Waals surface area contributed by atoms with Gasteiger partial charge in [-0.3, -0.25) is 4.79 Å². The van der Waals surface area contributed by atoms with Crippen molar-refractivity contribution in [1.82, 2.24) is 4.90 Å². The van der Waals surface area contributed by atoms with Gasteiger partial charge in [0.1, 0.15) is 0 Å². The van der Waals surface area contributed by atoms with Crippen LogP contribution in [-0.2, 0) is 10.0 Å². The van der Waals surface area contributed by atoms with Crippen LogP contribution in [0.1, 0.15) is 28.8 Å². The summed E-state index contributed by atoms with van der Waals surface area (Å²) in [5.41, 5.74) is 1.33. The third kappa shape index (κ3) is 3.31. The number of nitrogens with two attached hydrogens (primary N) is 1. The first-order chi connectivity index (χ1) is 9.29. The lowest BCUT2D eigenvalue weighted by Crippen LogP contribution is -2.47. The van der Waals surface area contributed by atoms with E-state index in [0.29, 0.717) is 30.0 Å². The number of piperidine rings is 1. The average Bonchev–Trinajstić information content (AvgIpc) is 2.40. The van der Waals surface area contributed by atoms with Gasteiger partial charge in [-0.2, -0.15) is 0 Å². The van der Waals surface area contributed by atoms with Crippen molar-refractivity contribution in [2.45, 2.75) is 25.0 Å². The van der Waals surface area contributed by atoms with Gasteiger partial charge < -0.3 is 4.90 Å². The maximum Gasteiger partial charge on any atom is 0.253 e. The summed E-state index contributed by atoms with van der Waals surface area (Å²) in [6, 6.07) is 5.04. The fourth-order valence-corrected chi connectivity index (χ4v) is 3.35. The highest BCUT2D eigenvalue weighted by atomic mass is 35.5. The lowest BCUT2D eigenvalue weighted by Gasteiger charge is -2.31. The maximum absolute atomic E-state index is 12.4. The minimum Gasteiger partial charge on any atom is -0.337 e. The summed E-state index contributed by atoms with van der Waals surface area (Å²) in [6.07, 6.45) is 1.14. The summed E-state index contributed by atoms with van der Waals surface area (Å²) in [6.45, 7) is 2.52. The molecule has 110 valence electrons. The zero-order chi connectivity index (χ0) is 14.9. The first-order valence-electron chi connectivity index (χ1n) is 6.36. The van der Waals surface area contributed by atoms with E-state index in [9.17, 15) is 13.2 Å². The molecule has 1 aliphatic rings. The second-order valence-electron chi connectivity index (χ2n) is 5.07. The predicted molar refractivity (Wildman–Crippen MR) is 78.2 cm³/mol. The summed E-state index contributed by atoms with van der Waals surface area (Å²) >= 11 is 5.93. The van der Waals surface area contributed by atoms with E-state index in [4.69, 9.17) is 16.7 Å². The van der Waals surface area contributed by atoms with Crippen LogP contribution in [0.2, 0.25) is 5.02 Å². The summed E-state index contributed by atoms with van der Waals surface area (Å²) in [5.74, 6) is -0.182. The molecule has 1 aromatic carbocycles. The number of amides is 1. The molecular weight excluding hydrogens is 300 g/mol. The van der Waals surface area contributed by atoms with Crippen LogP contribution in [0.25, 0.3) is 0 Å². The zero-order valence-electron chi connectivity index (χ0n) is 11.2. The van der Waals surface area contributed by atoms with Crippen molar-refractivity contribution in [3.63, 3.8) is 0 Å². The van der Waals surface area contributed by atoms with E-state index in [-0.39, 0.29) is 12.5 Å². The number of aryl methyl sites for hydroxylation is 1. The molecule has 1 amide bonds. The molecule has 0 aromatic heterocycles. The number of carbonyl (C=O) groups is 1. The molecule has 1 atom stereocenters. The van der Waals surface area contributed by atoms with Gasteiger partial charge in [-0.25, -0.2) is 13.6 Å². The fourth-order valence-electron chi connectivity index (χ4n) is 2.35. The van der Waals surface area contributed by atoms with Crippen LogP contribution < -0.4 is 5.14 Å². The van der Waals surface area contributed by atoms with E-state index in [0.717, 1.165) is 5.56 Å². The first kappa shape index (κ1) is 15.3. The predicted octanol–water partition coefficient (Wildman–Crippen LogP) is 1.54. The van der Waals surface area contributed by atoms with Crippen LogP contribution in [0.4, 0.5) is 0 Å². The van der Waals surface area contributed by atoms with E-state index in [1.165, 1.54) is 0 Å². The number of sulfonamides is 1. The van der Waals surface area contributed by atoms with E-state index in [1.807, 2.05) is 6.92 Å². The molecule has 2 rings (SSSR count). The Labute approximate surface area is 123 Å². The van der Waals surface area contributed by atoms with Crippen molar-refractivity contribution in [2.24, 2.45) is 5.14 Å². The minimum absolute atomic E-state index is 0.152. The van der Waals surface area contributed by atoms with Gasteiger partial charge in [0, 0.05) is 23.7 Å².